The van der Waals surface area contributed by atoms with Gasteiger partial charge in [0.05, 0.1) is 6.20 Å². The second-order valence-corrected chi connectivity index (χ2v) is 4.54. The highest BCUT2D eigenvalue weighted by Crippen LogP contribution is 2.42. The maximum Gasteiger partial charge on any atom is 0.140 e. The molecule has 0 bridgehead atoms. The third-order valence-corrected chi connectivity index (χ3v) is 3.33. The first-order chi connectivity index (χ1) is 6.93. The van der Waals surface area contributed by atoms with Gasteiger partial charge in [-0.2, -0.15) is 0 Å². The van der Waals surface area contributed by atoms with Crippen molar-refractivity contribution >= 4 is 0 Å². The molecule has 3 nitrogen and oxygen atoms in total. The van der Waals surface area contributed by atoms with E-state index in [1.165, 1.54) is 24.8 Å². The van der Waals surface area contributed by atoms with E-state index in [9.17, 15) is 0 Å². The number of nitrogens with one attached hydrogen (secondary N) is 1. The molecule has 2 aliphatic rings. The summed E-state index contributed by atoms with van der Waals surface area (Å²) in [6.45, 7) is 2.31. The van der Waals surface area contributed by atoms with Gasteiger partial charge in [-0.3, -0.25) is 0 Å². The fourth-order valence-corrected chi connectivity index (χ4v) is 2.30. The molecule has 1 saturated carbocycles. The molecule has 1 unspecified atom stereocenters. The second kappa shape index (κ2) is 3.39. The van der Waals surface area contributed by atoms with Crippen molar-refractivity contribution in [3.8, 4) is 0 Å². The lowest BCUT2D eigenvalue weighted by Gasteiger charge is -2.05. The highest BCUT2D eigenvalue weighted by Gasteiger charge is 2.29. The van der Waals surface area contributed by atoms with Crippen LogP contribution < -0.4 is 5.32 Å². The fraction of sp³-hybridized carbons (Fsp3) is 0.727. The zero-order valence-electron chi connectivity index (χ0n) is 8.33. The van der Waals surface area contributed by atoms with E-state index in [0.717, 1.165) is 37.1 Å². The van der Waals surface area contributed by atoms with E-state index in [1.54, 1.807) is 0 Å². The van der Waals surface area contributed by atoms with E-state index >= 15 is 0 Å². The summed E-state index contributed by atoms with van der Waals surface area (Å²) in [7, 11) is 0. The molecule has 2 fully saturated rings. The second-order valence-electron chi connectivity index (χ2n) is 4.54. The van der Waals surface area contributed by atoms with Crippen molar-refractivity contribution < 1.29 is 4.52 Å². The summed E-state index contributed by atoms with van der Waals surface area (Å²) in [5, 5.41) is 7.32. The van der Waals surface area contributed by atoms with Crippen LogP contribution >= 0.6 is 0 Å². The van der Waals surface area contributed by atoms with Crippen molar-refractivity contribution in [1.82, 2.24) is 10.5 Å². The average molecular weight is 192 g/mol. The first-order valence-corrected chi connectivity index (χ1v) is 5.57. The number of rotatable bonds is 3. The molecule has 1 atom stereocenters. The molecule has 0 radical (unpaired) electrons. The lowest BCUT2D eigenvalue weighted by atomic mass is 10.00. The highest BCUT2D eigenvalue weighted by atomic mass is 16.5. The van der Waals surface area contributed by atoms with Crippen LogP contribution in [0.3, 0.4) is 0 Å². The van der Waals surface area contributed by atoms with Gasteiger partial charge in [0.25, 0.3) is 0 Å². The molecule has 2 heterocycles. The smallest absolute Gasteiger partial charge is 0.140 e. The third-order valence-electron chi connectivity index (χ3n) is 3.33. The van der Waals surface area contributed by atoms with E-state index < -0.39 is 0 Å². The minimum Gasteiger partial charge on any atom is -0.361 e. The van der Waals surface area contributed by atoms with Crippen LogP contribution in [0.5, 0.6) is 0 Å². The molecule has 1 aromatic heterocycles. The maximum atomic E-state index is 5.35. The Labute approximate surface area is 83.9 Å². The van der Waals surface area contributed by atoms with E-state index in [0.29, 0.717) is 0 Å². The molecule has 76 valence electrons. The van der Waals surface area contributed by atoms with Crippen molar-refractivity contribution in [2.75, 3.05) is 13.1 Å². The van der Waals surface area contributed by atoms with Crippen LogP contribution in [0.1, 0.15) is 36.5 Å². The Kier molecular flexibility index (Phi) is 2.05. The third kappa shape index (κ3) is 1.57. The molecule has 0 spiro atoms. The van der Waals surface area contributed by atoms with E-state index in [1.807, 2.05) is 6.20 Å². The molecule has 14 heavy (non-hydrogen) atoms. The predicted molar refractivity (Wildman–Crippen MR) is 53.2 cm³/mol. The summed E-state index contributed by atoms with van der Waals surface area (Å²) in [5.41, 5.74) is 1.39. The maximum absolute atomic E-state index is 5.35. The van der Waals surface area contributed by atoms with E-state index in [-0.39, 0.29) is 0 Å². The highest BCUT2D eigenvalue weighted by molar-refractivity contribution is 5.23. The van der Waals surface area contributed by atoms with Crippen LogP contribution in [-0.4, -0.2) is 18.2 Å². The first-order valence-electron chi connectivity index (χ1n) is 5.57. The summed E-state index contributed by atoms with van der Waals surface area (Å²) in [6.07, 6.45) is 6.95. The van der Waals surface area contributed by atoms with Crippen LogP contribution in [0.25, 0.3) is 0 Å². The van der Waals surface area contributed by atoms with Gasteiger partial charge in [-0.15, -0.1) is 0 Å². The summed E-state index contributed by atoms with van der Waals surface area (Å²) in [5.74, 6) is 2.69. The van der Waals surface area contributed by atoms with Gasteiger partial charge in [0.15, 0.2) is 0 Å². The zero-order valence-corrected chi connectivity index (χ0v) is 8.33. The van der Waals surface area contributed by atoms with Crippen molar-refractivity contribution in [2.24, 2.45) is 5.92 Å². The number of nitrogens with zero attached hydrogens (tertiary/aromatic N) is 1. The van der Waals surface area contributed by atoms with Crippen LogP contribution in [0, 0.1) is 5.92 Å². The van der Waals surface area contributed by atoms with Crippen molar-refractivity contribution in [3.05, 3.63) is 17.5 Å². The number of aromatic nitrogens is 1. The van der Waals surface area contributed by atoms with Crippen LogP contribution in [-0.2, 0) is 6.42 Å². The van der Waals surface area contributed by atoms with E-state index in [4.69, 9.17) is 4.52 Å². The Hall–Kier alpha value is -0.830. The topological polar surface area (TPSA) is 38.1 Å². The summed E-state index contributed by atoms with van der Waals surface area (Å²) in [4.78, 5) is 0. The molecule has 1 saturated heterocycles. The molecule has 0 amide bonds. The molecule has 3 heteroatoms. The van der Waals surface area contributed by atoms with E-state index in [2.05, 4.69) is 10.5 Å². The van der Waals surface area contributed by atoms with Crippen molar-refractivity contribution in [2.45, 2.75) is 31.6 Å². The first kappa shape index (κ1) is 8.48. The SMILES string of the molecule is c1noc(CC2CCNC2)c1C1CC1. The minimum absolute atomic E-state index is 0.764. The minimum atomic E-state index is 0.764. The normalized spacial score (nSPS) is 27.0. The standard InChI is InChI=1S/C11H16N2O/c1-2-9(1)10-7-13-14-11(10)5-8-3-4-12-6-8/h7-9,12H,1-6H2. The Balaban J connectivity index is 1.71. The number of hydrogen-bond acceptors (Lipinski definition) is 3. The van der Waals surface area contributed by atoms with Crippen LogP contribution in [0.15, 0.2) is 10.7 Å². The largest absolute Gasteiger partial charge is 0.361 e. The predicted octanol–water partition coefficient (Wildman–Crippen LogP) is 1.70. The average Bonchev–Trinajstić information content (AvgIpc) is 2.74. The van der Waals surface area contributed by atoms with Gasteiger partial charge in [-0.1, -0.05) is 5.16 Å². The van der Waals surface area contributed by atoms with Crippen molar-refractivity contribution in [3.63, 3.8) is 0 Å². The Morgan fingerprint density at radius 2 is 2.36 bits per heavy atom. The fourth-order valence-electron chi connectivity index (χ4n) is 2.30. The molecule has 1 aromatic rings. The lowest BCUT2D eigenvalue weighted by molar-refractivity contribution is 0.361. The van der Waals surface area contributed by atoms with Crippen LogP contribution in [0.2, 0.25) is 0 Å². The molecule has 0 aromatic carbocycles. The zero-order chi connectivity index (χ0) is 9.38. The van der Waals surface area contributed by atoms with Gasteiger partial charge in [-0.25, -0.2) is 0 Å². The summed E-state index contributed by atoms with van der Waals surface area (Å²) >= 11 is 0. The quantitative estimate of drug-likeness (QED) is 0.792. The van der Waals surface area contributed by atoms with Gasteiger partial charge in [0.1, 0.15) is 5.76 Å². The molecule has 1 N–H and O–H groups in total. The van der Waals surface area contributed by atoms with Gasteiger partial charge in [-0.05, 0) is 44.2 Å². The summed E-state index contributed by atoms with van der Waals surface area (Å²) < 4.78 is 5.35. The molecule has 1 aliphatic carbocycles. The van der Waals surface area contributed by atoms with Crippen molar-refractivity contribution in [1.29, 1.82) is 0 Å². The van der Waals surface area contributed by atoms with Crippen LogP contribution in [0.4, 0.5) is 0 Å². The summed E-state index contributed by atoms with van der Waals surface area (Å²) in [6, 6.07) is 0. The van der Waals surface area contributed by atoms with Gasteiger partial charge in [0, 0.05) is 12.0 Å². The lowest BCUT2D eigenvalue weighted by Crippen LogP contribution is -2.11. The molecular weight excluding hydrogens is 176 g/mol. The Bertz CT molecular complexity index is 311. The molecule has 3 rings (SSSR count). The molecular formula is C11H16N2O. The number of hydrogen-bond donors (Lipinski definition) is 1. The Morgan fingerprint density at radius 1 is 1.43 bits per heavy atom. The molecule has 1 aliphatic heterocycles. The van der Waals surface area contributed by atoms with Gasteiger partial charge >= 0.3 is 0 Å². The van der Waals surface area contributed by atoms with Gasteiger partial charge < -0.3 is 9.84 Å². The van der Waals surface area contributed by atoms with Gasteiger partial charge in [0.2, 0.25) is 0 Å². The monoisotopic (exact) mass is 192 g/mol. The Morgan fingerprint density at radius 3 is 3.07 bits per heavy atom.